The number of benzene rings is 2. The van der Waals surface area contributed by atoms with Crippen LogP contribution in [0.4, 0.5) is 0 Å². The molecule has 0 aliphatic heterocycles. The second-order valence-electron chi connectivity index (χ2n) is 5.91. The molecule has 0 bridgehead atoms. The zero-order chi connectivity index (χ0) is 18.5. The van der Waals surface area contributed by atoms with Gasteiger partial charge < -0.3 is 19.4 Å². The molecule has 3 rings (SSSR count). The van der Waals surface area contributed by atoms with E-state index in [0.717, 1.165) is 22.6 Å². The van der Waals surface area contributed by atoms with Crippen LogP contribution in [0.15, 0.2) is 42.5 Å². The maximum atomic E-state index is 12.3. The number of ether oxygens (including phenoxy) is 2. The van der Waals surface area contributed by atoms with Crippen LogP contribution in [0.1, 0.15) is 23.1 Å². The summed E-state index contributed by atoms with van der Waals surface area (Å²) in [4.78, 5) is 17.0. The molecule has 0 atom stereocenters. The van der Waals surface area contributed by atoms with E-state index in [0.29, 0.717) is 30.9 Å². The standard InChI is InChI=1S/C20H23N3O3/c1-4-26-16-7-5-6-14(12-16)20(24)21-11-10-19-22-17-13-15(25-3)8-9-18(17)23(19)2/h5-9,12-13H,4,10-11H2,1-3H3,(H,21,24). The molecule has 2 aromatic carbocycles. The molecule has 1 amide bonds. The Kier molecular flexibility index (Phi) is 5.41. The summed E-state index contributed by atoms with van der Waals surface area (Å²) in [6.07, 6.45) is 0.643. The Labute approximate surface area is 152 Å². The fourth-order valence-corrected chi connectivity index (χ4v) is 2.86. The molecule has 6 heteroatoms. The molecule has 26 heavy (non-hydrogen) atoms. The molecule has 3 aromatic rings. The van der Waals surface area contributed by atoms with Gasteiger partial charge in [-0.3, -0.25) is 4.79 Å². The zero-order valence-electron chi connectivity index (χ0n) is 15.3. The highest BCUT2D eigenvalue weighted by molar-refractivity contribution is 5.94. The van der Waals surface area contributed by atoms with Gasteiger partial charge in [0.1, 0.15) is 17.3 Å². The lowest BCUT2D eigenvalue weighted by molar-refractivity contribution is 0.0953. The molecule has 0 fully saturated rings. The second kappa shape index (κ2) is 7.91. The highest BCUT2D eigenvalue weighted by Crippen LogP contribution is 2.21. The largest absolute Gasteiger partial charge is 0.497 e. The minimum Gasteiger partial charge on any atom is -0.497 e. The van der Waals surface area contributed by atoms with Crippen molar-refractivity contribution in [2.24, 2.45) is 7.05 Å². The summed E-state index contributed by atoms with van der Waals surface area (Å²) >= 11 is 0. The van der Waals surface area contributed by atoms with Crippen molar-refractivity contribution in [1.82, 2.24) is 14.9 Å². The van der Waals surface area contributed by atoms with Crippen LogP contribution < -0.4 is 14.8 Å². The Bertz CT molecular complexity index is 918. The predicted molar refractivity (Wildman–Crippen MR) is 101 cm³/mol. The number of amides is 1. The van der Waals surface area contributed by atoms with Gasteiger partial charge >= 0.3 is 0 Å². The van der Waals surface area contributed by atoms with Gasteiger partial charge in [-0.2, -0.15) is 0 Å². The number of aryl methyl sites for hydroxylation is 1. The number of imidazole rings is 1. The van der Waals surface area contributed by atoms with Crippen molar-refractivity contribution in [3.8, 4) is 11.5 Å². The summed E-state index contributed by atoms with van der Waals surface area (Å²) in [6, 6.07) is 13.0. The van der Waals surface area contributed by atoms with E-state index in [1.165, 1.54) is 0 Å². The lowest BCUT2D eigenvalue weighted by atomic mass is 10.2. The summed E-state index contributed by atoms with van der Waals surface area (Å²) in [5, 5.41) is 2.94. The van der Waals surface area contributed by atoms with Crippen LogP contribution in [0.2, 0.25) is 0 Å². The smallest absolute Gasteiger partial charge is 0.251 e. The molecular weight excluding hydrogens is 330 g/mol. The molecule has 1 heterocycles. The third-order valence-corrected chi connectivity index (χ3v) is 4.22. The van der Waals surface area contributed by atoms with Gasteiger partial charge in [0, 0.05) is 31.6 Å². The summed E-state index contributed by atoms with van der Waals surface area (Å²) in [6.45, 7) is 2.99. The fourth-order valence-electron chi connectivity index (χ4n) is 2.86. The Morgan fingerprint density at radius 2 is 2.04 bits per heavy atom. The van der Waals surface area contributed by atoms with Gasteiger partial charge in [-0.25, -0.2) is 4.98 Å². The molecule has 0 radical (unpaired) electrons. The summed E-state index contributed by atoms with van der Waals surface area (Å²) in [5.74, 6) is 2.28. The first kappa shape index (κ1) is 17.8. The van der Waals surface area contributed by atoms with Crippen LogP contribution >= 0.6 is 0 Å². The lowest BCUT2D eigenvalue weighted by Crippen LogP contribution is -2.26. The molecule has 1 aromatic heterocycles. The first-order valence-electron chi connectivity index (χ1n) is 8.62. The number of hydrogen-bond donors (Lipinski definition) is 1. The third-order valence-electron chi connectivity index (χ3n) is 4.22. The van der Waals surface area contributed by atoms with E-state index in [2.05, 4.69) is 10.3 Å². The Morgan fingerprint density at radius 1 is 1.19 bits per heavy atom. The minimum atomic E-state index is -0.119. The van der Waals surface area contributed by atoms with Crippen molar-refractivity contribution in [2.45, 2.75) is 13.3 Å². The first-order valence-corrected chi connectivity index (χ1v) is 8.62. The number of carbonyl (C=O) groups excluding carboxylic acids is 1. The summed E-state index contributed by atoms with van der Waals surface area (Å²) < 4.78 is 12.7. The third kappa shape index (κ3) is 3.79. The molecule has 0 spiro atoms. The maximum Gasteiger partial charge on any atom is 0.251 e. The first-order chi connectivity index (χ1) is 12.6. The maximum absolute atomic E-state index is 12.3. The van der Waals surface area contributed by atoms with Gasteiger partial charge in [-0.1, -0.05) is 6.07 Å². The summed E-state index contributed by atoms with van der Waals surface area (Å²) in [5.41, 5.74) is 2.51. The van der Waals surface area contributed by atoms with E-state index in [1.807, 2.05) is 48.9 Å². The van der Waals surface area contributed by atoms with Crippen molar-refractivity contribution in [3.63, 3.8) is 0 Å². The quantitative estimate of drug-likeness (QED) is 0.709. The van der Waals surface area contributed by atoms with Crippen LogP contribution in [0, 0.1) is 0 Å². The lowest BCUT2D eigenvalue weighted by Gasteiger charge is -2.08. The number of hydrogen-bond acceptors (Lipinski definition) is 4. The average Bonchev–Trinajstić information content (AvgIpc) is 2.97. The molecule has 1 N–H and O–H groups in total. The summed E-state index contributed by atoms with van der Waals surface area (Å²) in [7, 11) is 3.62. The number of aromatic nitrogens is 2. The number of carbonyl (C=O) groups is 1. The number of rotatable bonds is 7. The van der Waals surface area contributed by atoms with Gasteiger partial charge in [0.2, 0.25) is 0 Å². The second-order valence-corrected chi connectivity index (χ2v) is 5.91. The van der Waals surface area contributed by atoms with Crippen LogP contribution in [-0.4, -0.2) is 35.7 Å². The van der Waals surface area contributed by atoms with Gasteiger partial charge in [-0.15, -0.1) is 0 Å². The van der Waals surface area contributed by atoms with E-state index < -0.39 is 0 Å². The predicted octanol–water partition coefficient (Wildman–Crippen LogP) is 2.95. The van der Waals surface area contributed by atoms with Crippen molar-refractivity contribution < 1.29 is 14.3 Å². The number of fused-ring (bicyclic) bond motifs is 1. The fraction of sp³-hybridized carbons (Fsp3) is 0.300. The number of nitrogens with zero attached hydrogens (tertiary/aromatic N) is 2. The monoisotopic (exact) mass is 353 g/mol. The molecular formula is C20H23N3O3. The van der Waals surface area contributed by atoms with E-state index >= 15 is 0 Å². The van der Waals surface area contributed by atoms with Crippen LogP contribution in [-0.2, 0) is 13.5 Å². The molecule has 0 aliphatic carbocycles. The number of methoxy groups -OCH3 is 1. The van der Waals surface area contributed by atoms with E-state index in [9.17, 15) is 4.79 Å². The van der Waals surface area contributed by atoms with Gasteiger partial charge in [0.05, 0.1) is 24.8 Å². The molecule has 6 nitrogen and oxygen atoms in total. The Morgan fingerprint density at radius 3 is 2.81 bits per heavy atom. The van der Waals surface area contributed by atoms with Gasteiger partial charge in [-0.05, 0) is 37.3 Å². The van der Waals surface area contributed by atoms with E-state index in [4.69, 9.17) is 9.47 Å². The topological polar surface area (TPSA) is 65.4 Å². The van der Waals surface area contributed by atoms with Crippen molar-refractivity contribution in [3.05, 3.63) is 53.9 Å². The molecule has 136 valence electrons. The van der Waals surface area contributed by atoms with Crippen LogP contribution in [0.3, 0.4) is 0 Å². The minimum absolute atomic E-state index is 0.119. The van der Waals surface area contributed by atoms with Crippen LogP contribution in [0.5, 0.6) is 11.5 Å². The highest BCUT2D eigenvalue weighted by Gasteiger charge is 2.10. The van der Waals surface area contributed by atoms with Crippen molar-refractivity contribution in [1.29, 1.82) is 0 Å². The number of nitrogens with one attached hydrogen (secondary N) is 1. The van der Waals surface area contributed by atoms with Gasteiger partial charge in [0.25, 0.3) is 5.91 Å². The van der Waals surface area contributed by atoms with Crippen molar-refractivity contribution in [2.75, 3.05) is 20.3 Å². The average molecular weight is 353 g/mol. The SMILES string of the molecule is CCOc1cccc(C(=O)NCCc2nc3cc(OC)ccc3n2C)c1. The Hall–Kier alpha value is -3.02. The van der Waals surface area contributed by atoms with Gasteiger partial charge in [0.15, 0.2) is 0 Å². The van der Waals surface area contributed by atoms with Crippen LogP contribution in [0.25, 0.3) is 11.0 Å². The Balaban J connectivity index is 1.64. The molecule has 0 aliphatic rings. The van der Waals surface area contributed by atoms with Crippen molar-refractivity contribution >= 4 is 16.9 Å². The molecule has 0 saturated heterocycles. The van der Waals surface area contributed by atoms with E-state index in [-0.39, 0.29) is 5.91 Å². The molecule has 0 unspecified atom stereocenters. The van der Waals surface area contributed by atoms with E-state index in [1.54, 1.807) is 19.2 Å². The highest BCUT2D eigenvalue weighted by atomic mass is 16.5. The zero-order valence-corrected chi connectivity index (χ0v) is 15.3. The normalized spacial score (nSPS) is 10.7. The molecule has 0 saturated carbocycles.